The Hall–Kier alpha value is -0.770. The number of carbonyl (C=O) groups excluding carboxylic acids is 1. The van der Waals surface area contributed by atoms with Crippen molar-refractivity contribution in [2.75, 3.05) is 20.1 Å². The first-order valence-corrected chi connectivity index (χ1v) is 6.90. The van der Waals surface area contributed by atoms with Gasteiger partial charge in [0.15, 0.2) is 0 Å². The summed E-state index contributed by atoms with van der Waals surface area (Å²) in [5, 5.41) is 2.99. The number of alkyl carbamates (subject to hydrolysis) is 1. The minimum absolute atomic E-state index is 0.157. The first-order chi connectivity index (χ1) is 8.24. The summed E-state index contributed by atoms with van der Waals surface area (Å²) in [7, 11) is 2.10. The van der Waals surface area contributed by atoms with E-state index in [-0.39, 0.29) is 18.2 Å². The van der Waals surface area contributed by atoms with Crippen LogP contribution in [0.3, 0.4) is 0 Å². The van der Waals surface area contributed by atoms with Gasteiger partial charge in [-0.05, 0) is 52.1 Å². The number of hydrogen-bond acceptors (Lipinski definition) is 3. The standard InChI is InChI=1S/C13H24N2O2/c1-15-9-5-6-11(10-15)14-13(16)17-12-7-3-2-4-8-12/h11-12H,2-10H2,1H3,(H,14,16)/t11-/m1/s1. The van der Waals surface area contributed by atoms with E-state index >= 15 is 0 Å². The van der Waals surface area contributed by atoms with Crippen molar-refractivity contribution in [2.24, 2.45) is 0 Å². The van der Waals surface area contributed by atoms with Crippen LogP contribution in [-0.4, -0.2) is 43.3 Å². The van der Waals surface area contributed by atoms with Gasteiger partial charge in [-0.25, -0.2) is 4.79 Å². The van der Waals surface area contributed by atoms with Crippen molar-refractivity contribution in [1.29, 1.82) is 0 Å². The van der Waals surface area contributed by atoms with Crippen LogP contribution in [0, 0.1) is 0 Å². The predicted octanol–water partition coefficient (Wildman–Crippen LogP) is 2.14. The third kappa shape index (κ3) is 4.19. The maximum absolute atomic E-state index is 11.7. The molecule has 98 valence electrons. The van der Waals surface area contributed by atoms with Crippen molar-refractivity contribution in [1.82, 2.24) is 10.2 Å². The zero-order chi connectivity index (χ0) is 12.1. The van der Waals surface area contributed by atoms with Crippen molar-refractivity contribution in [3.63, 3.8) is 0 Å². The Morgan fingerprint density at radius 2 is 1.94 bits per heavy atom. The van der Waals surface area contributed by atoms with Crippen LogP contribution in [0.5, 0.6) is 0 Å². The van der Waals surface area contributed by atoms with Gasteiger partial charge in [-0.3, -0.25) is 0 Å². The number of amides is 1. The van der Waals surface area contributed by atoms with Gasteiger partial charge in [0.2, 0.25) is 0 Å². The van der Waals surface area contributed by atoms with Crippen molar-refractivity contribution < 1.29 is 9.53 Å². The summed E-state index contributed by atoms with van der Waals surface area (Å²) in [6.07, 6.45) is 7.94. The Bertz CT molecular complexity index is 252. The van der Waals surface area contributed by atoms with E-state index in [4.69, 9.17) is 4.74 Å². The molecule has 1 heterocycles. The number of hydrogen-bond donors (Lipinski definition) is 1. The quantitative estimate of drug-likeness (QED) is 0.804. The van der Waals surface area contributed by atoms with Gasteiger partial charge in [0.25, 0.3) is 0 Å². The molecule has 0 aromatic heterocycles. The molecule has 0 aromatic carbocycles. The van der Waals surface area contributed by atoms with Gasteiger partial charge in [-0.2, -0.15) is 0 Å². The molecule has 4 nitrogen and oxygen atoms in total. The second kappa shape index (κ2) is 6.24. The van der Waals surface area contributed by atoms with Crippen LogP contribution in [-0.2, 0) is 4.74 Å². The molecule has 1 saturated heterocycles. The number of ether oxygens (including phenoxy) is 1. The van der Waals surface area contributed by atoms with Crippen LogP contribution in [0.25, 0.3) is 0 Å². The summed E-state index contributed by atoms with van der Waals surface area (Å²) in [5.74, 6) is 0. The van der Waals surface area contributed by atoms with Crippen LogP contribution >= 0.6 is 0 Å². The molecule has 0 radical (unpaired) electrons. The molecule has 1 aliphatic carbocycles. The second-order valence-corrected chi connectivity index (χ2v) is 5.41. The van der Waals surface area contributed by atoms with E-state index in [1.165, 1.54) is 19.3 Å². The number of carbonyl (C=O) groups is 1. The average molecular weight is 240 g/mol. The fourth-order valence-corrected chi connectivity index (χ4v) is 2.82. The van der Waals surface area contributed by atoms with E-state index in [2.05, 4.69) is 17.3 Å². The highest BCUT2D eigenvalue weighted by molar-refractivity contribution is 5.67. The van der Waals surface area contributed by atoms with Gasteiger partial charge >= 0.3 is 6.09 Å². The molecule has 0 bridgehead atoms. The molecule has 4 heteroatoms. The third-order valence-corrected chi connectivity index (χ3v) is 3.77. The molecule has 0 unspecified atom stereocenters. The predicted molar refractivity (Wildman–Crippen MR) is 67.0 cm³/mol. The molecule has 17 heavy (non-hydrogen) atoms. The van der Waals surface area contributed by atoms with Gasteiger partial charge < -0.3 is 15.0 Å². The lowest BCUT2D eigenvalue weighted by Gasteiger charge is -2.30. The van der Waals surface area contributed by atoms with E-state index in [1.807, 2.05) is 0 Å². The third-order valence-electron chi connectivity index (χ3n) is 3.77. The van der Waals surface area contributed by atoms with E-state index in [0.717, 1.165) is 38.8 Å². The van der Waals surface area contributed by atoms with Crippen LogP contribution in [0.4, 0.5) is 4.79 Å². The topological polar surface area (TPSA) is 41.6 Å². The number of rotatable bonds is 2. The fourth-order valence-electron chi connectivity index (χ4n) is 2.82. The number of nitrogens with zero attached hydrogens (tertiary/aromatic N) is 1. The molecule has 1 N–H and O–H groups in total. The Morgan fingerprint density at radius 3 is 2.65 bits per heavy atom. The highest BCUT2D eigenvalue weighted by Crippen LogP contribution is 2.20. The summed E-state index contributed by atoms with van der Waals surface area (Å²) >= 11 is 0. The molecule has 2 rings (SSSR count). The van der Waals surface area contributed by atoms with Crippen molar-refractivity contribution >= 4 is 6.09 Å². The molecule has 0 spiro atoms. The van der Waals surface area contributed by atoms with Crippen molar-refractivity contribution in [2.45, 2.75) is 57.1 Å². The minimum Gasteiger partial charge on any atom is -0.446 e. The molecule has 2 fully saturated rings. The number of nitrogens with one attached hydrogen (secondary N) is 1. The lowest BCUT2D eigenvalue weighted by molar-refractivity contribution is 0.0697. The maximum Gasteiger partial charge on any atom is 0.407 e. The number of likely N-dealkylation sites (N-methyl/N-ethyl adjacent to an activating group) is 1. The second-order valence-electron chi connectivity index (χ2n) is 5.41. The molecule has 2 aliphatic rings. The highest BCUT2D eigenvalue weighted by atomic mass is 16.6. The number of piperidine rings is 1. The smallest absolute Gasteiger partial charge is 0.407 e. The monoisotopic (exact) mass is 240 g/mol. The van der Waals surface area contributed by atoms with Gasteiger partial charge in [-0.15, -0.1) is 0 Å². The van der Waals surface area contributed by atoms with Gasteiger partial charge in [0, 0.05) is 12.6 Å². The Balaban J connectivity index is 1.68. The van der Waals surface area contributed by atoms with Crippen molar-refractivity contribution in [3.8, 4) is 0 Å². The fraction of sp³-hybridized carbons (Fsp3) is 0.923. The summed E-state index contributed by atoms with van der Waals surface area (Å²) < 4.78 is 5.46. The minimum atomic E-state index is -0.211. The van der Waals surface area contributed by atoms with Crippen molar-refractivity contribution in [3.05, 3.63) is 0 Å². The molecular weight excluding hydrogens is 216 g/mol. The van der Waals surface area contributed by atoms with Crippen LogP contribution < -0.4 is 5.32 Å². The summed E-state index contributed by atoms with van der Waals surface area (Å²) in [6.45, 7) is 2.08. The zero-order valence-electron chi connectivity index (χ0n) is 10.8. The molecular formula is C13H24N2O2. The molecule has 0 aromatic rings. The molecule has 1 atom stereocenters. The zero-order valence-corrected chi connectivity index (χ0v) is 10.8. The lowest BCUT2D eigenvalue weighted by Crippen LogP contribution is -2.47. The van der Waals surface area contributed by atoms with E-state index < -0.39 is 0 Å². The van der Waals surface area contributed by atoms with Gasteiger partial charge in [-0.1, -0.05) is 6.42 Å². The summed E-state index contributed by atoms with van der Waals surface area (Å²) in [5.41, 5.74) is 0. The largest absolute Gasteiger partial charge is 0.446 e. The lowest BCUT2D eigenvalue weighted by atomic mass is 9.98. The Morgan fingerprint density at radius 1 is 1.18 bits per heavy atom. The van der Waals surface area contributed by atoms with E-state index in [1.54, 1.807) is 0 Å². The first kappa shape index (κ1) is 12.7. The summed E-state index contributed by atoms with van der Waals surface area (Å²) in [6, 6.07) is 0.268. The molecule has 1 amide bonds. The average Bonchev–Trinajstić information content (AvgIpc) is 2.30. The van der Waals surface area contributed by atoms with Crippen LogP contribution in [0.15, 0.2) is 0 Å². The first-order valence-electron chi connectivity index (χ1n) is 6.90. The van der Waals surface area contributed by atoms with Crippen LogP contribution in [0.2, 0.25) is 0 Å². The highest BCUT2D eigenvalue weighted by Gasteiger charge is 2.22. The number of likely N-dealkylation sites (tertiary alicyclic amines) is 1. The molecule has 1 saturated carbocycles. The molecule has 1 aliphatic heterocycles. The van der Waals surface area contributed by atoms with E-state index in [9.17, 15) is 4.79 Å². The van der Waals surface area contributed by atoms with Crippen LogP contribution in [0.1, 0.15) is 44.9 Å². The normalized spacial score (nSPS) is 27.7. The van der Waals surface area contributed by atoms with Gasteiger partial charge in [0.05, 0.1) is 0 Å². The van der Waals surface area contributed by atoms with E-state index in [0.29, 0.717) is 0 Å². The SMILES string of the molecule is CN1CCC[C@@H](NC(=O)OC2CCCCC2)C1. The Labute approximate surface area is 104 Å². The summed E-state index contributed by atoms with van der Waals surface area (Å²) in [4.78, 5) is 14.0. The Kier molecular flexibility index (Phi) is 4.66. The van der Waals surface area contributed by atoms with Gasteiger partial charge in [0.1, 0.15) is 6.10 Å². The maximum atomic E-state index is 11.7.